The fourth-order valence-electron chi connectivity index (χ4n) is 1.61. The first kappa shape index (κ1) is 11.9. The zero-order valence-corrected chi connectivity index (χ0v) is 8.98. The van der Waals surface area contributed by atoms with E-state index in [-0.39, 0.29) is 5.91 Å². The molecule has 0 aromatic carbocycles. The number of nitrogens with one attached hydrogen (secondary N) is 1. The van der Waals surface area contributed by atoms with Gasteiger partial charge in [0.1, 0.15) is 0 Å². The summed E-state index contributed by atoms with van der Waals surface area (Å²) in [5, 5.41) is 6.31. The number of unbranched alkanes of at least 4 members (excludes halogenated alkanes) is 1. The molecule has 5 nitrogen and oxygen atoms in total. The van der Waals surface area contributed by atoms with Gasteiger partial charge in [0.15, 0.2) is 0 Å². The highest BCUT2D eigenvalue weighted by molar-refractivity contribution is 5.76. The van der Waals surface area contributed by atoms with E-state index in [1.54, 1.807) is 0 Å². The number of rotatable bonds is 7. The highest BCUT2D eigenvalue weighted by atomic mass is 16.1. The average molecular weight is 210 g/mol. The van der Waals surface area contributed by atoms with Crippen LogP contribution in [0, 0.1) is 5.92 Å². The Labute approximate surface area is 89.9 Å². The van der Waals surface area contributed by atoms with Gasteiger partial charge in [0.25, 0.3) is 0 Å². The van der Waals surface area contributed by atoms with Crippen LogP contribution in [-0.4, -0.2) is 19.0 Å². The maximum Gasteiger partial charge on any atom is 0.220 e. The van der Waals surface area contributed by atoms with Crippen molar-refractivity contribution in [1.29, 1.82) is 0 Å². The number of amides is 1. The molecule has 1 fully saturated rings. The molecular formula is C10H18N4O. The van der Waals surface area contributed by atoms with Crippen molar-refractivity contribution in [2.45, 2.75) is 38.5 Å². The molecule has 0 atom stereocenters. The third kappa shape index (κ3) is 5.27. The number of hydrogen-bond donors (Lipinski definition) is 1. The maximum absolute atomic E-state index is 11.3. The zero-order chi connectivity index (χ0) is 10.9. The van der Waals surface area contributed by atoms with Crippen molar-refractivity contribution in [3.63, 3.8) is 0 Å². The van der Waals surface area contributed by atoms with Gasteiger partial charge in [0, 0.05) is 24.4 Å². The van der Waals surface area contributed by atoms with Crippen molar-refractivity contribution in [3.8, 4) is 0 Å². The summed E-state index contributed by atoms with van der Waals surface area (Å²) in [5.41, 5.74) is 8.03. The molecule has 0 spiro atoms. The number of azide groups is 1. The molecule has 0 bridgehead atoms. The Morgan fingerprint density at radius 1 is 1.47 bits per heavy atom. The minimum atomic E-state index is 0.170. The normalized spacial score (nSPS) is 15.2. The first-order valence-corrected chi connectivity index (χ1v) is 5.60. The monoisotopic (exact) mass is 210 g/mol. The van der Waals surface area contributed by atoms with Gasteiger partial charge >= 0.3 is 0 Å². The molecule has 1 aliphatic rings. The molecular weight excluding hydrogens is 192 g/mol. The predicted molar refractivity (Wildman–Crippen MR) is 58.2 cm³/mol. The molecule has 0 heterocycles. The van der Waals surface area contributed by atoms with Crippen molar-refractivity contribution in [2.24, 2.45) is 11.0 Å². The smallest absolute Gasteiger partial charge is 0.220 e. The number of carbonyl (C=O) groups excluding carboxylic acids is 1. The lowest BCUT2D eigenvalue weighted by Crippen LogP contribution is -2.28. The first-order chi connectivity index (χ1) is 7.33. The van der Waals surface area contributed by atoms with E-state index >= 15 is 0 Å². The molecule has 1 saturated carbocycles. The van der Waals surface area contributed by atoms with Crippen LogP contribution in [0.15, 0.2) is 5.11 Å². The molecule has 0 aromatic rings. The Morgan fingerprint density at radius 2 is 2.27 bits per heavy atom. The van der Waals surface area contributed by atoms with Crippen molar-refractivity contribution >= 4 is 5.91 Å². The lowest BCUT2D eigenvalue weighted by Gasteiger charge is -2.24. The second kappa shape index (κ2) is 7.12. The Balaban J connectivity index is 1.89. The predicted octanol–water partition coefficient (Wildman–Crippen LogP) is 2.38. The second-order valence-corrected chi connectivity index (χ2v) is 4.01. The van der Waals surface area contributed by atoms with E-state index in [1.165, 1.54) is 19.3 Å². The van der Waals surface area contributed by atoms with Gasteiger partial charge < -0.3 is 5.32 Å². The van der Waals surface area contributed by atoms with E-state index in [4.69, 9.17) is 5.53 Å². The van der Waals surface area contributed by atoms with Crippen molar-refractivity contribution in [2.75, 3.05) is 13.1 Å². The van der Waals surface area contributed by atoms with Crippen LogP contribution in [-0.2, 0) is 4.79 Å². The molecule has 1 amide bonds. The van der Waals surface area contributed by atoms with Gasteiger partial charge in [-0.2, -0.15) is 0 Å². The molecule has 5 heteroatoms. The molecule has 15 heavy (non-hydrogen) atoms. The SMILES string of the molecule is [N-]=[N+]=NCCCCNC(=O)CC1CCC1. The molecule has 0 unspecified atom stereocenters. The van der Waals surface area contributed by atoms with E-state index in [9.17, 15) is 4.79 Å². The lowest BCUT2D eigenvalue weighted by atomic mass is 9.83. The van der Waals surface area contributed by atoms with Gasteiger partial charge in [0.05, 0.1) is 0 Å². The summed E-state index contributed by atoms with van der Waals surface area (Å²) in [6.45, 7) is 1.22. The van der Waals surface area contributed by atoms with Gasteiger partial charge in [-0.25, -0.2) is 0 Å². The fraction of sp³-hybridized carbons (Fsp3) is 0.900. The molecule has 1 aliphatic carbocycles. The van der Waals surface area contributed by atoms with Crippen LogP contribution in [0.1, 0.15) is 38.5 Å². The molecule has 1 rings (SSSR count). The first-order valence-electron chi connectivity index (χ1n) is 5.60. The summed E-state index contributed by atoms with van der Waals surface area (Å²) < 4.78 is 0. The van der Waals surface area contributed by atoms with Gasteiger partial charge in [-0.3, -0.25) is 4.79 Å². The topological polar surface area (TPSA) is 77.9 Å². The zero-order valence-electron chi connectivity index (χ0n) is 8.98. The third-order valence-corrected chi connectivity index (χ3v) is 2.77. The summed E-state index contributed by atoms with van der Waals surface area (Å²) in [7, 11) is 0. The number of carbonyl (C=O) groups is 1. The Kier molecular flexibility index (Phi) is 5.63. The molecule has 0 aromatic heterocycles. The van der Waals surface area contributed by atoms with Crippen LogP contribution in [0.3, 0.4) is 0 Å². The summed E-state index contributed by atoms with van der Waals surface area (Å²) in [4.78, 5) is 14.0. The maximum atomic E-state index is 11.3. The second-order valence-electron chi connectivity index (χ2n) is 4.01. The largest absolute Gasteiger partial charge is 0.356 e. The van der Waals surface area contributed by atoms with Gasteiger partial charge in [0.2, 0.25) is 5.91 Å². The van der Waals surface area contributed by atoms with Gasteiger partial charge in [-0.05, 0) is 37.1 Å². The van der Waals surface area contributed by atoms with E-state index < -0.39 is 0 Å². The van der Waals surface area contributed by atoms with E-state index in [0.29, 0.717) is 25.4 Å². The third-order valence-electron chi connectivity index (χ3n) is 2.77. The van der Waals surface area contributed by atoms with Crippen molar-refractivity contribution in [3.05, 3.63) is 10.4 Å². The minimum absolute atomic E-state index is 0.170. The molecule has 0 aliphatic heterocycles. The quantitative estimate of drug-likeness (QED) is 0.298. The Bertz CT molecular complexity index is 244. The number of nitrogens with zero attached hydrogens (tertiary/aromatic N) is 3. The van der Waals surface area contributed by atoms with E-state index in [2.05, 4.69) is 15.3 Å². The minimum Gasteiger partial charge on any atom is -0.356 e. The molecule has 84 valence electrons. The number of hydrogen-bond acceptors (Lipinski definition) is 2. The van der Waals surface area contributed by atoms with Gasteiger partial charge in [-0.15, -0.1) is 0 Å². The standard InChI is InChI=1S/C10H18N4O/c11-14-13-7-2-1-6-12-10(15)8-9-4-3-5-9/h9H,1-8H2,(H,12,15). The van der Waals surface area contributed by atoms with E-state index in [0.717, 1.165) is 12.8 Å². The lowest BCUT2D eigenvalue weighted by molar-refractivity contribution is -0.122. The highest BCUT2D eigenvalue weighted by Crippen LogP contribution is 2.28. The van der Waals surface area contributed by atoms with Gasteiger partial charge in [-0.1, -0.05) is 11.5 Å². The van der Waals surface area contributed by atoms with Crippen molar-refractivity contribution in [1.82, 2.24) is 5.32 Å². The summed E-state index contributed by atoms with van der Waals surface area (Å²) in [5.74, 6) is 0.802. The molecule has 0 saturated heterocycles. The Hall–Kier alpha value is -1.22. The summed E-state index contributed by atoms with van der Waals surface area (Å²) in [6, 6.07) is 0. The summed E-state index contributed by atoms with van der Waals surface area (Å²) in [6.07, 6.45) is 6.12. The van der Waals surface area contributed by atoms with Crippen LogP contribution in [0.4, 0.5) is 0 Å². The average Bonchev–Trinajstić information content (AvgIpc) is 2.17. The van der Waals surface area contributed by atoms with E-state index in [1.807, 2.05) is 0 Å². The highest BCUT2D eigenvalue weighted by Gasteiger charge is 2.19. The molecule has 1 N–H and O–H groups in total. The van der Waals surface area contributed by atoms with Crippen LogP contribution in [0.25, 0.3) is 10.4 Å². The van der Waals surface area contributed by atoms with Crippen LogP contribution < -0.4 is 5.32 Å². The van der Waals surface area contributed by atoms with Crippen molar-refractivity contribution < 1.29 is 4.79 Å². The molecule has 0 radical (unpaired) electrons. The Morgan fingerprint density at radius 3 is 2.87 bits per heavy atom. The van der Waals surface area contributed by atoms with Crippen LogP contribution in [0.2, 0.25) is 0 Å². The fourth-order valence-corrected chi connectivity index (χ4v) is 1.61. The van der Waals surface area contributed by atoms with Crippen LogP contribution in [0.5, 0.6) is 0 Å². The summed E-state index contributed by atoms with van der Waals surface area (Å²) >= 11 is 0. The van der Waals surface area contributed by atoms with Crippen LogP contribution >= 0.6 is 0 Å².